The van der Waals surface area contributed by atoms with Gasteiger partial charge < -0.3 is 0 Å². The minimum Gasteiger partial charge on any atom is -0.289 e. The van der Waals surface area contributed by atoms with E-state index in [1.807, 2.05) is 18.2 Å². The molecular formula is C8H9ClN2OS. The van der Waals surface area contributed by atoms with Crippen molar-refractivity contribution in [2.24, 2.45) is 5.84 Å². The maximum atomic E-state index is 11.0. The lowest BCUT2D eigenvalue weighted by atomic mass is 10.4. The van der Waals surface area contributed by atoms with E-state index < -0.39 is 0 Å². The van der Waals surface area contributed by atoms with Gasteiger partial charge in [-0.05, 0) is 18.2 Å². The highest BCUT2D eigenvalue weighted by atomic mass is 35.5. The van der Waals surface area contributed by atoms with Gasteiger partial charge in [-0.1, -0.05) is 6.08 Å². The van der Waals surface area contributed by atoms with Crippen LogP contribution in [0.3, 0.4) is 0 Å². The summed E-state index contributed by atoms with van der Waals surface area (Å²) in [5.74, 6) is 5.18. The molecular weight excluding hydrogens is 208 g/mol. The zero-order valence-electron chi connectivity index (χ0n) is 6.79. The Morgan fingerprint density at radius 2 is 2.46 bits per heavy atom. The van der Waals surface area contributed by atoms with Crippen LogP contribution in [0.1, 0.15) is 14.5 Å². The second-order valence-corrected chi connectivity index (χ2v) is 3.66. The van der Waals surface area contributed by atoms with E-state index in [0.29, 0.717) is 10.8 Å². The molecule has 0 radical (unpaired) electrons. The van der Waals surface area contributed by atoms with E-state index in [4.69, 9.17) is 17.4 Å². The van der Waals surface area contributed by atoms with Crippen molar-refractivity contribution in [3.8, 4) is 0 Å². The van der Waals surface area contributed by atoms with Crippen LogP contribution in [0.4, 0.5) is 0 Å². The molecule has 0 fully saturated rings. The minimum absolute atomic E-state index is 0.268. The number of thiophene rings is 1. The molecule has 0 aliphatic heterocycles. The molecule has 70 valence electrons. The number of nitrogens with two attached hydrogens (primary N) is 1. The van der Waals surface area contributed by atoms with Crippen LogP contribution in [0.25, 0.3) is 6.08 Å². The topological polar surface area (TPSA) is 55.1 Å². The summed E-state index contributed by atoms with van der Waals surface area (Å²) in [4.78, 5) is 12.6. The highest BCUT2D eigenvalue weighted by Gasteiger charge is 2.05. The van der Waals surface area contributed by atoms with Crippen molar-refractivity contribution < 1.29 is 4.79 Å². The van der Waals surface area contributed by atoms with Crippen LogP contribution in [-0.2, 0) is 0 Å². The van der Waals surface area contributed by atoms with Gasteiger partial charge in [0.1, 0.15) is 0 Å². The van der Waals surface area contributed by atoms with Gasteiger partial charge in [-0.2, -0.15) is 0 Å². The Bertz CT molecular complexity index is 322. The standard InChI is InChI=1S/C8H9ClN2OS/c9-5-1-2-6-3-4-7(13-6)8(12)11-10/h1-4H,5,10H2,(H,11,12). The molecule has 0 aliphatic carbocycles. The molecule has 1 aromatic heterocycles. The number of hydrazine groups is 1. The number of halogens is 1. The van der Waals surface area contributed by atoms with Crippen LogP contribution in [0.15, 0.2) is 18.2 Å². The van der Waals surface area contributed by atoms with Crippen molar-refractivity contribution >= 4 is 34.9 Å². The van der Waals surface area contributed by atoms with Crippen molar-refractivity contribution in [1.82, 2.24) is 5.43 Å². The van der Waals surface area contributed by atoms with Crippen LogP contribution in [0, 0.1) is 0 Å². The molecule has 5 heteroatoms. The lowest BCUT2D eigenvalue weighted by Crippen LogP contribution is -2.29. The normalized spacial score (nSPS) is 10.6. The van der Waals surface area contributed by atoms with E-state index in [0.717, 1.165) is 4.88 Å². The third kappa shape index (κ3) is 2.84. The molecule has 0 aromatic carbocycles. The lowest BCUT2D eigenvalue weighted by molar-refractivity contribution is 0.0957. The predicted octanol–water partition coefficient (Wildman–Crippen LogP) is 1.60. The van der Waals surface area contributed by atoms with E-state index >= 15 is 0 Å². The summed E-state index contributed by atoms with van der Waals surface area (Å²) in [5.41, 5.74) is 2.07. The molecule has 3 nitrogen and oxygen atoms in total. The van der Waals surface area contributed by atoms with Crippen molar-refractivity contribution in [3.05, 3.63) is 28.0 Å². The van der Waals surface area contributed by atoms with Gasteiger partial charge in [0.25, 0.3) is 5.91 Å². The highest BCUT2D eigenvalue weighted by Crippen LogP contribution is 2.17. The Balaban J connectivity index is 2.74. The SMILES string of the molecule is NNC(=O)c1ccc(C=CCCl)s1. The molecule has 1 heterocycles. The first-order valence-corrected chi connectivity index (χ1v) is 4.96. The van der Waals surface area contributed by atoms with Crippen molar-refractivity contribution in [3.63, 3.8) is 0 Å². The third-order valence-corrected chi connectivity index (χ3v) is 2.58. The van der Waals surface area contributed by atoms with Gasteiger partial charge in [0.2, 0.25) is 0 Å². The molecule has 0 bridgehead atoms. The van der Waals surface area contributed by atoms with Gasteiger partial charge in [-0.25, -0.2) is 5.84 Å². The molecule has 0 atom stereocenters. The first-order valence-electron chi connectivity index (χ1n) is 3.61. The molecule has 3 N–H and O–H groups in total. The molecule has 0 saturated carbocycles. The summed E-state index contributed by atoms with van der Waals surface area (Å²) >= 11 is 6.83. The van der Waals surface area contributed by atoms with Crippen LogP contribution >= 0.6 is 22.9 Å². The van der Waals surface area contributed by atoms with E-state index in [-0.39, 0.29) is 5.91 Å². The number of carbonyl (C=O) groups is 1. The Hall–Kier alpha value is -0.840. The van der Waals surface area contributed by atoms with Gasteiger partial charge in [0.15, 0.2) is 0 Å². The van der Waals surface area contributed by atoms with E-state index in [1.54, 1.807) is 6.07 Å². The predicted molar refractivity (Wildman–Crippen MR) is 55.7 cm³/mol. The Morgan fingerprint density at radius 3 is 3.08 bits per heavy atom. The molecule has 1 amide bonds. The maximum absolute atomic E-state index is 11.0. The lowest BCUT2D eigenvalue weighted by Gasteiger charge is -1.91. The average Bonchev–Trinajstić information content (AvgIpc) is 2.62. The van der Waals surface area contributed by atoms with Gasteiger partial charge >= 0.3 is 0 Å². The van der Waals surface area contributed by atoms with E-state index in [2.05, 4.69) is 5.43 Å². The maximum Gasteiger partial charge on any atom is 0.275 e. The summed E-state index contributed by atoms with van der Waals surface area (Å²) in [5, 5.41) is 0. The Labute approximate surface area is 85.2 Å². The summed E-state index contributed by atoms with van der Waals surface area (Å²) < 4.78 is 0. The molecule has 0 saturated heterocycles. The number of allylic oxidation sites excluding steroid dienone is 1. The Morgan fingerprint density at radius 1 is 1.69 bits per heavy atom. The Kier molecular flexibility index (Phi) is 3.95. The second-order valence-electron chi connectivity index (χ2n) is 2.23. The van der Waals surface area contributed by atoms with E-state index in [9.17, 15) is 4.79 Å². The smallest absolute Gasteiger partial charge is 0.275 e. The zero-order chi connectivity index (χ0) is 9.68. The van der Waals surface area contributed by atoms with Crippen molar-refractivity contribution in [2.45, 2.75) is 0 Å². The molecule has 0 spiro atoms. The van der Waals surface area contributed by atoms with Crippen LogP contribution in [0.5, 0.6) is 0 Å². The fourth-order valence-corrected chi connectivity index (χ4v) is 1.73. The first-order chi connectivity index (χ1) is 6.27. The number of nitrogen functional groups attached to an aromatic ring is 1. The quantitative estimate of drug-likeness (QED) is 0.349. The number of carbonyl (C=O) groups excluding carboxylic acids is 1. The summed E-state index contributed by atoms with van der Waals surface area (Å²) in [7, 11) is 0. The molecule has 0 unspecified atom stereocenters. The summed E-state index contributed by atoms with van der Waals surface area (Å²) in [6.07, 6.45) is 3.68. The third-order valence-electron chi connectivity index (χ3n) is 1.35. The monoisotopic (exact) mass is 216 g/mol. The number of rotatable bonds is 3. The fraction of sp³-hybridized carbons (Fsp3) is 0.125. The molecule has 13 heavy (non-hydrogen) atoms. The zero-order valence-corrected chi connectivity index (χ0v) is 8.36. The van der Waals surface area contributed by atoms with Gasteiger partial charge in [-0.15, -0.1) is 22.9 Å². The highest BCUT2D eigenvalue weighted by molar-refractivity contribution is 7.14. The van der Waals surface area contributed by atoms with Crippen molar-refractivity contribution in [2.75, 3.05) is 5.88 Å². The summed E-state index contributed by atoms with van der Waals surface area (Å²) in [6, 6.07) is 3.57. The number of amides is 1. The minimum atomic E-state index is -0.268. The number of alkyl halides is 1. The number of hydrogen-bond donors (Lipinski definition) is 2. The number of nitrogens with one attached hydrogen (secondary N) is 1. The van der Waals surface area contributed by atoms with Crippen LogP contribution in [0.2, 0.25) is 0 Å². The van der Waals surface area contributed by atoms with Crippen LogP contribution < -0.4 is 11.3 Å². The average molecular weight is 217 g/mol. The van der Waals surface area contributed by atoms with Crippen molar-refractivity contribution in [1.29, 1.82) is 0 Å². The van der Waals surface area contributed by atoms with E-state index in [1.165, 1.54) is 11.3 Å². The fourth-order valence-electron chi connectivity index (χ4n) is 0.796. The largest absolute Gasteiger partial charge is 0.289 e. The second kappa shape index (κ2) is 5.01. The first kappa shape index (κ1) is 10.2. The summed E-state index contributed by atoms with van der Waals surface area (Å²) in [6.45, 7) is 0. The van der Waals surface area contributed by atoms with Crippen LogP contribution in [-0.4, -0.2) is 11.8 Å². The number of hydrogen-bond acceptors (Lipinski definition) is 3. The molecule has 1 aromatic rings. The van der Waals surface area contributed by atoms with Gasteiger partial charge in [-0.3, -0.25) is 10.2 Å². The molecule has 1 rings (SSSR count). The van der Waals surface area contributed by atoms with Gasteiger partial charge in [0.05, 0.1) is 4.88 Å². The molecule has 0 aliphatic rings. The van der Waals surface area contributed by atoms with Gasteiger partial charge in [0, 0.05) is 10.8 Å².